The highest BCUT2D eigenvalue weighted by Crippen LogP contribution is 2.45. The lowest BCUT2D eigenvalue weighted by Crippen LogP contribution is -2.10. The first-order chi connectivity index (χ1) is 13.8. The van der Waals surface area contributed by atoms with E-state index in [0.717, 1.165) is 66.6 Å². The van der Waals surface area contributed by atoms with Gasteiger partial charge < -0.3 is 0 Å². The first-order valence-corrected chi connectivity index (χ1v) is 10.2. The van der Waals surface area contributed by atoms with Crippen LogP contribution < -0.4 is 0 Å². The Labute approximate surface area is 163 Å². The number of halogens is 1. The zero-order valence-corrected chi connectivity index (χ0v) is 15.8. The second-order valence-corrected chi connectivity index (χ2v) is 7.81. The number of hydrogen-bond donors (Lipinski definition) is 1. The van der Waals surface area contributed by atoms with Gasteiger partial charge in [0.1, 0.15) is 5.82 Å². The van der Waals surface area contributed by atoms with E-state index < -0.39 is 0 Å². The second kappa shape index (κ2) is 7.37. The third-order valence-electron chi connectivity index (χ3n) is 6.10. The lowest BCUT2D eigenvalue weighted by Gasteiger charge is -2.22. The molecular formula is C21H23FN6. The fourth-order valence-electron chi connectivity index (χ4n) is 4.80. The largest absolute Gasteiger partial charge is 0.262 e. The molecule has 0 unspecified atom stereocenters. The Morgan fingerprint density at radius 2 is 1.86 bits per heavy atom. The Balaban J connectivity index is 1.85. The number of hydrogen-bond acceptors (Lipinski definition) is 5. The predicted octanol–water partition coefficient (Wildman–Crippen LogP) is 4.39. The van der Waals surface area contributed by atoms with Crippen molar-refractivity contribution >= 4 is 0 Å². The van der Waals surface area contributed by atoms with E-state index in [2.05, 4.69) is 25.6 Å². The van der Waals surface area contributed by atoms with Gasteiger partial charge in [-0.25, -0.2) is 4.39 Å². The number of tetrazole rings is 1. The third-order valence-corrected chi connectivity index (χ3v) is 6.10. The molecule has 0 radical (unpaired) electrons. The molecule has 0 aliphatic heterocycles. The molecule has 5 rings (SSSR count). The van der Waals surface area contributed by atoms with Crippen LogP contribution in [0.3, 0.4) is 0 Å². The second-order valence-electron chi connectivity index (χ2n) is 7.81. The Morgan fingerprint density at radius 1 is 1.00 bits per heavy atom. The SMILES string of the molecule is Fc1cnccc1-c1c2c(nc(C3CCCC3)c1-c1nn[nH]n1)CCCCC2. The molecule has 2 aliphatic carbocycles. The molecule has 0 atom stereocenters. The zero-order valence-electron chi connectivity index (χ0n) is 15.8. The molecule has 3 aromatic rings. The van der Waals surface area contributed by atoms with Crippen molar-refractivity contribution in [3.05, 3.63) is 41.2 Å². The van der Waals surface area contributed by atoms with E-state index >= 15 is 0 Å². The molecule has 6 nitrogen and oxygen atoms in total. The number of rotatable bonds is 3. The van der Waals surface area contributed by atoms with Crippen LogP contribution in [-0.2, 0) is 12.8 Å². The summed E-state index contributed by atoms with van der Waals surface area (Å²) in [5.74, 6) is 0.556. The molecule has 0 spiro atoms. The van der Waals surface area contributed by atoms with Gasteiger partial charge in [0.05, 0.1) is 17.5 Å². The van der Waals surface area contributed by atoms with Crippen LogP contribution in [0.2, 0.25) is 0 Å². The van der Waals surface area contributed by atoms with Crippen LogP contribution in [0.15, 0.2) is 18.5 Å². The third kappa shape index (κ3) is 2.99. The number of nitrogens with zero attached hydrogens (tertiary/aromatic N) is 5. The van der Waals surface area contributed by atoms with Gasteiger partial charge in [-0.05, 0) is 55.4 Å². The van der Waals surface area contributed by atoms with Crippen molar-refractivity contribution in [3.8, 4) is 22.5 Å². The lowest BCUT2D eigenvalue weighted by molar-refractivity contribution is 0.624. The number of aryl methyl sites for hydroxylation is 1. The Morgan fingerprint density at radius 3 is 2.64 bits per heavy atom. The molecule has 1 N–H and O–H groups in total. The summed E-state index contributed by atoms with van der Waals surface area (Å²) in [5, 5.41) is 14.9. The van der Waals surface area contributed by atoms with Gasteiger partial charge >= 0.3 is 0 Å². The number of nitrogens with one attached hydrogen (secondary N) is 1. The van der Waals surface area contributed by atoms with Gasteiger partial charge in [0, 0.05) is 28.9 Å². The van der Waals surface area contributed by atoms with Gasteiger partial charge in [-0.2, -0.15) is 5.21 Å². The summed E-state index contributed by atoms with van der Waals surface area (Å²) in [6, 6.07) is 1.76. The van der Waals surface area contributed by atoms with E-state index in [9.17, 15) is 4.39 Å². The summed E-state index contributed by atoms with van der Waals surface area (Å²) in [5.41, 5.74) is 5.60. The Bertz CT molecular complexity index is 979. The standard InChI is InChI=1S/C21H23FN6/c22-16-12-23-11-10-14(16)18-15-8-2-1-3-9-17(15)24-20(13-6-4-5-7-13)19(18)21-25-27-28-26-21/h10-13H,1-9H2,(H,25,26,27,28). The summed E-state index contributed by atoms with van der Waals surface area (Å²) in [7, 11) is 0. The van der Waals surface area contributed by atoms with Crippen molar-refractivity contribution in [2.24, 2.45) is 0 Å². The fraction of sp³-hybridized carbons (Fsp3) is 0.476. The molecule has 3 heterocycles. The van der Waals surface area contributed by atoms with Gasteiger partial charge in [-0.3, -0.25) is 9.97 Å². The van der Waals surface area contributed by atoms with Crippen LogP contribution in [0.25, 0.3) is 22.5 Å². The summed E-state index contributed by atoms with van der Waals surface area (Å²) in [6.07, 6.45) is 12.8. The van der Waals surface area contributed by atoms with Gasteiger partial charge in [-0.15, -0.1) is 10.2 Å². The van der Waals surface area contributed by atoms with Crippen molar-refractivity contribution in [2.45, 2.75) is 63.7 Å². The number of aromatic nitrogens is 6. The average Bonchev–Trinajstić information content (AvgIpc) is 3.38. The van der Waals surface area contributed by atoms with Gasteiger partial charge in [0.25, 0.3) is 0 Å². The molecule has 0 saturated heterocycles. The van der Waals surface area contributed by atoms with Gasteiger partial charge in [0.15, 0.2) is 0 Å². The predicted molar refractivity (Wildman–Crippen MR) is 103 cm³/mol. The van der Waals surface area contributed by atoms with Crippen molar-refractivity contribution in [3.63, 3.8) is 0 Å². The molecule has 1 fully saturated rings. The fourth-order valence-corrected chi connectivity index (χ4v) is 4.80. The zero-order chi connectivity index (χ0) is 18.9. The van der Waals surface area contributed by atoms with E-state index in [-0.39, 0.29) is 5.82 Å². The van der Waals surface area contributed by atoms with E-state index in [0.29, 0.717) is 17.3 Å². The van der Waals surface area contributed by atoms with Gasteiger partial charge in [0.2, 0.25) is 5.82 Å². The topological polar surface area (TPSA) is 80.2 Å². The lowest BCUT2D eigenvalue weighted by atomic mass is 9.86. The first-order valence-electron chi connectivity index (χ1n) is 10.2. The number of H-pyrrole nitrogens is 1. The molecule has 0 amide bonds. The number of pyridine rings is 2. The van der Waals surface area contributed by atoms with E-state index in [4.69, 9.17) is 4.98 Å². The van der Waals surface area contributed by atoms with Crippen molar-refractivity contribution in [1.82, 2.24) is 30.6 Å². The van der Waals surface area contributed by atoms with Crippen LogP contribution in [0.1, 0.15) is 67.8 Å². The summed E-state index contributed by atoms with van der Waals surface area (Å²) in [4.78, 5) is 9.12. The highest BCUT2D eigenvalue weighted by Gasteiger charge is 2.31. The molecule has 28 heavy (non-hydrogen) atoms. The molecule has 144 valence electrons. The minimum absolute atomic E-state index is 0.317. The maximum atomic E-state index is 14.9. The highest BCUT2D eigenvalue weighted by molar-refractivity contribution is 5.85. The molecule has 0 bridgehead atoms. The van der Waals surface area contributed by atoms with E-state index in [1.54, 1.807) is 12.3 Å². The Hall–Kier alpha value is -2.70. The monoisotopic (exact) mass is 378 g/mol. The van der Waals surface area contributed by atoms with E-state index in [1.807, 2.05) is 0 Å². The van der Waals surface area contributed by atoms with E-state index in [1.165, 1.54) is 25.5 Å². The minimum atomic E-state index is -0.317. The minimum Gasteiger partial charge on any atom is -0.262 e. The van der Waals surface area contributed by atoms with Gasteiger partial charge in [-0.1, -0.05) is 19.3 Å². The van der Waals surface area contributed by atoms with Crippen molar-refractivity contribution < 1.29 is 4.39 Å². The Kier molecular flexibility index (Phi) is 4.58. The maximum Gasteiger partial charge on any atom is 0.207 e. The van der Waals surface area contributed by atoms with Crippen molar-refractivity contribution in [2.75, 3.05) is 0 Å². The van der Waals surface area contributed by atoms with Crippen LogP contribution in [0.5, 0.6) is 0 Å². The van der Waals surface area contributed by atoms with Crippen LogP contribution >= 0.6 is 0 Å². The average molecular weight is 378 g/mol. The quantitative estimate of drug-likeness (QED) is 0.684. The smallest absolute Gasteiger partial charge is 0.207 e. The van der Waals surface area contributed by atoms with Crippen LogP contribution in [0, 0.1) is 5.82 Å². The molecule has 2 aliphatic rings. The maximum absolute atomic E-state index is 14.9. The number of aromatic amines is 1. The van der Waals surface area contributed by atoms with Crippen molar-refractivity contribution in [1.29, 1.82) is 0 Å². The first kappa shape index (κ1) is 17.4. The molecule has 7 heteroatoms. The molecular weight excluding hydrogens is 355 g/mol. The van der Waals surface area contributed by atoms with Crippen LogP contribution in [-0.4, -0.2) is 30.6 Å². The summed E-state index contributed by atoms with van der Waals surface area (Å²) < 4.78 is 14.9. The molecule has 1 saturated carbocycles. The molecule has 3 aromatic heterocycles. The summed E-state index contributed by atoms with van der Waals surface area (Å²) in [6.45, 7) is 0. The highest BCUT2D eigenvalue weighted by atomic mass is 19.1. The summed E-state index contributed by atoms with van der Waals surface area (Å²) >= 11 is 0. The molecule has 0 aromatic carbocycles. The van der Waals surface area contributed by atoms with Crippen LogP contribution in [0.4, 0.5) is 4.39 Å². The number of fused-ring (bicyclic) bond motifs is 1. The normalized spacial score (nSPS) is 17.5.